The molecule has 2 nitrogen and oxygen atoms in total. The quantitative estimate of drug-likeness (QED) is 0.691. The molecule has 1 saturated carbocycles. The molecule has 1 aliphatic rings. The van der Waals surface area contributed by atoms with Gasteiger partial charge in [0.15, 0.2) is 0 Å². The number of rotatable bonds is 9. The van der Waals surface area contributed by atoms with Crippen molar-refractivity contribution < 1.29 is 0 Å². The van der Waals surface area contributed by atoms with Gasteiger partial charge in [-0.05, 0) is 70.6 Å². The normalized spacial score (nSPS) is 17.3. The third kappa shape index (κ3) is 5.09. The van der Waals surface area contributed by atoms with Crippen molar-refractivity contribution in [1.82, 2.24) is 10.2 Å². The summed E-state index contributed by atoms with van der Waals surface area (Å²) in [5.74, 6) is 0. The van der Waals surface area contributed by atoms with Gasteiger partial charge in [0.25, 0.3) is 0 Å². The Morgan fingerprint density at radius 3 is 2.94 bits per heavy atom. The lowest BCUT2D eigenvalue weighted by molar-refractivity contribution is 0.252. The summed E-state index contributed by atoms with van der Waals surface area (Å²) >= 11 is 1.87. The zero-order valence-corrected chi connectivity index (χ0v) is 12.5. The molecule has 0 aliphatic heterocycles. The van der Waals surface area contributed by atoms with Crippen molar-refractivity contribution in [1.29, 1.82) is 0 Å². The van der Waals surface area contributed by atoms with E-state index >= 15 is 0 Å². The molecule has 0 amide bonds. The molecule has 0 saturated heterocycles. The summed E-state index contributed by atoms with van der Waals surface area (Å²) in [5.41, 5.74) is 0. The first-order valence-corrected chi connectivity index (χ1v) is 8.09. The molecular formula is C15H26N2S. The van der Waals surface area contributed by atoms with Crippen molar-refractivity contribution in [2.45, 2.75) is 51.1 Å². The van der Waals surface area contributed by atoms with E-state index < -0.39 is 0 Å². The standard InChI is InChI=1S/C15H26N2S/c1-13(12-15-6-5-11-18-15)17(2)10-4-3-9-16-14-7-8-14/h5-6,11,13-14,16H,3-4,7-10,12H2,1-2H3. The average Bonchev–Trinajstić information content (AvgIpc) is 3.04. The molecule has 2 rings (SSSR count). The Labute approximate surface area is 115 Å². The smallest absolute Gasteiger partial charge is 0.0112 e. The maximum absolute atomic E-state index is 3.58. The summed E-state index contributed by atoms with van der Waals surface area (Å²) in [6.45, 7) is 4.76. The molecule has 0 bridgehead atoms. The van der Waals surface area contributed by atoms with E-state index in [1.807, 2.05) is 11.3 Å². The molecule has 1 unspecified atom stereocenters. The van der Waals surface area contributed by atoms with Crippen LogP contribution in [0.3, 0.4) is 0 Å². The fraction of sp³-hybridized carbons (Fsp3) is 0.733. The van der Waals surface area contributed by atoms with Gasteiger partial charge in [-0.1, -0.05) is 6.07 Å². The second-order valence-corrected chi connectivity index (χ2v) is 6.58. The van der Waals surface area contributed by atoms with E-state index in [9.17, 15) is 0 Å². The van der Waals surface area contributed by atoms with E-state index in [1.54, 1.807) is 0 Å². The lowest BCUT2D eigenvalue weighted by atomic mass is 10.1. The molecule has 102 valence electrons. The molecule has 1 atom stereocenters. The predicted molar refractivity (Wildman–Crippen MR) is 80.4 cm³/mol. The van der Waals surface area contributed by atoms with Crippen LogP contribution in [0.4, 0.5) is 0 Å². The van der Waals surface area contributed by atoms with Gasteiger partial charge in [-0.25, -0.2) is 0 Å². The minimum atomic E-state index is 0.653. The van der Waals surface area contributed by atoms with Crippen LogP contribution in [0.15, 0.2) is 17.5 Å². The van der Waals surface area contributed by atoms with Gasteiger partial charge in [-0.3, -0.25) is 0 Å². The molecule has 1 aromatic rings. The molecule has 3 heteroatoms. The minimum absolute atomic E-state index is 0.653. The van der Waals surface area contributed by atoms with E-state index in [0.717, 1.165) is 6.04 Å². The first kappa shape index (κ1) is 14.0. The highest BCUT2D eigenvalue weighted by Gasteiger charge is 2.19. The topological polar surface area (TPSA) is 15.3 Å². The predicted octanol–water partition coefficient (Wildman–Crippen LogP) is 3.14. The summed E-state index contributed by atoms with van der Waals surface area (Å²) in [6, 6.07) is 5.91. The summed E-state index contributed by atoms with van der Waals surface area (Å²) in [7, 11) is 2.26. The van der Waals surface area contributed by atoms with Crippen LogP contribution in [-0.4, -0.2) is 37.1 Å². The number of nitrogens with zero attached hydrogens (tertiary/aromatic N) is 1. The number of thiophene rings is 1. The van der Waals surface area contributed by atoms with Crippen molar-refractivity contribution in [3.8, 4) is 0 Å². The van der Waals surface area contributed by atoms with E-state index in [1.165, 1.54) is 50.1 Å². The van der Waals surface area contributed by atoms with Gasteiger partial charge in [0, 0.05) is 17.0 Å². The van der Waals surface area contributed by atoms with Crippen LogP contribution in [-0.2, 0) is 6.42 Å². The Hall–Kier alpha value is -0.380. The van der Waals surface area contributed by atoms with Crippen LogP contribution >= 0.6 is 11.3 Å². The largest absolute Gasteiger partial charge is 0.314 e. The average molecular weight is 266 g/mol. The molecule has 1 fully saturated rings. The van der Waals surface area contributed by atoms with Gasteiger partial charge in [0.05, 0.1) is 0 Å². The SMILES string of the molecule is CC(Cc1cccs1)N(C)CCCCNC1CC1. The Balaban J connectivity index is 1.53. The Bertz CT molecular complexity index is 319. The molecule has 1 N–H and O–H groups in total. The van der Waals surface area contributed by atoms with Crippen LogP contribution in [0.25, 0.3) is 0 Å². The van der Waals surface area contributed by atoms with E-state index in [0.29, 0.717) is 6.04 Å². The number of unbranched alkanes of at least 4 members (excludes halogenated alkanes) is 1. The molecular weight excluding hydrogens is 240 g/mol. The highest BCUT2D eigenvalue weighted by atomic mass is 32.1. The van der Waals surface area contributed by atoms with E-state index in [-0.39, 0.29) is 0 Å². The first-order valence-electron chi connectivity index (χ1n) is 7.21. The molecule has 0 spiro atoms. The van der Waals surface area contributed by atoms with Crippen LogP contribution in [0.5, 0.6) is 0 Å². The van der Waals surface area contributed by atoms with Crippen molar-refractivity contribution in [3.63, 3.8) is 0 Å². The van der Waals surface area contributed by atoms with E-state index in [2.05, 4.69) is 41.7 Å². The van der Waals surface area contributed by atoms with Gasteiger partial charge >= 0.3 is 0 Å². The number of nitrogens with one attached hydrogen (secondary N) is 1. The summed E-state index contributed by atoms with van der Waals surface area (Å²) in [6.07, 6.45) is 6.61. The van der Waals surface area contributed by atoms with Crippen molar-refractivity contribution in [3.05, 3.63) is 22.4 Å². The molecule has 1 heterocycles. The highest BCUT2D eigenvalue weighted by Crippen LogP contribution is 2.18. The molecule has 0 aromatic carbocycles. The fourth-order valence-corrected chi connectivity index (χ4v) is 3.00. The Kier molecular flexibility index (Phi) is 5.67. The number of likely N-dealkylation sites (N-methyl/N-ethyl adjacent to an activating group) is 1. The molecule has 1 aliphatic carbocycles. The number of hydrogen-bond donors (Lipinski definition) is 1. The molecule has 18 heavy (non-hydrogen) atoms. The van der Waals surface area contributed by atoms with Crippen molar-refractivity contribution >= 4 is 11.3 Å². The monoisotopic (exact) mass is 266 g/mol. The summed E-state index contributed by atoms with van der Waals surface area (Å²) in [5, 5.41) is 5.75. The molecule has 0 radical (unpaired) electrons. The Morgan fingerprint density at radius 2 is 2.28 bits per heavy atom. The maximum Gasteiger partial charge on any atom is 0.0112 e. The Morgan fingerprint density at radius 1 is 1.44 bits per heavy atom. The lowest BCUT2D eigenvalue weighted by Gasteiger charge is -2.24. The van der Waals surface area contributed by atoms with Gasteiger partial charge in [-0.15, -0.1) is 11.3 Å². The van der Waals surface area contributed by atoms with Crippen LogP contribution in [0.1, 0.15) is 37.5 Å². The zero-order chi connectivity index (χ0) is 12.8. The minimum Gasteiger partial charge on any atom is -0.314 e. The third-order valence-corrected chi connectivity index (χ3v) is 4.68. The van der Waals surface area contributed by atoms with Crippen molar-refractivity contribution in [2.75, 3.05) is 20.1 Å². The molecule has 1 aromatic heterocycles. The van der Waals surface area contributed by atoms with Crippen LogP contribution in [0, 0.1) is 0 Å². The van der Waals surface area contributed by atoms with E-state index in [4.69, 9.17) is 0 Å². The van der Waals surface area contributed by atoms with Gasteiger partial charge in [0.1, 0.15) is 0 Å². The maximum atomic E-state index is 3.58. The highest BCUT2D eigenvalue weighted by molar-refractivity contribution is 7.09. The summed E-state index contributed by atoms with van der Waals surface area (Å²) in [4.78, 5) is 4.00. The summed E-state index contributed by atoms with van der Waals surface area (Å²) < 4.78 is 0. The lowest BCUT2D eigenvalue weighted by Crippen LogP contribution is -2.32. The van der Waals surface area contributed by atoms with Crippen molar-refractivity contribution in [2.24, 2.45) is 0 Å². The number of hydrogen-bond acceptors (Lipinski definition) is 3. The second kappa shape index (κ2) is 7.27. The van der Waals surface area contributed by atoms with Crippen LogP contribution < -0.4 is 5.32 Å². The van der Waals surface area contributed by atoms with Gasteiger partial charge in [-0.2, -0.15) is 0 Å². The van der Waals surface area contributed by atoms with Gasteiger partial charge in [0.2, 0.25) is 0 Å². The third-order valence-electron chi connectivity index (χ3n) is 3.78. The van der Waals surface area contributed by atoms with Gasteiger partial charge < -0.3 is 10.2 Å². The zero-order valence-electron chi connectivity index (χ0n) is 11.7. The first-order chi connectivity index (χ1) is 8.75. The van der Waals surface area contributed by atoms with Crippen LogP contribution in [0.2, 0.25) is 0 Å². The second-order valence-electron chi connectivity index (χ2n) is 5.55. The fourth-order valence-electron chi connectivity index (χ4n) is 2.18.